The standard InChI is InChI=1S/C15H21NO4/c1-3-12-6-5-7-13(10-12)20-11-14(17)16-9-8-15(18)19-4-2/h5-7,10H,3-4,8-9,11H2,1-2H3,(H,16,17). The number of ether oxygens (including phenoxy) is 2. The predicted octanol–water partition coefficient (Wildman–Crippen LogP) is 1.70. The number of hydrogen-bond donors (Lipinski definition) is 1. The molecule has 0 atom stereocenters. The highest BCUT2D eigenvalue weighted by molar-refractivity contribution is 5.78. The van der Waals surface area contributed by atoms with Crippen LogP contribution in [0.25, 0.3) is 0 Å². The first-order chi connectivity index (χ1) is 9.65. The number of benzene rings is 1. The van der Waals surface area contributed by atoms with Gasteiger partial charge in [0.25, 0.3) is 5.91 Å². The van der Waals surface area contributed by atoms with Crippen LogP contribution in [0.5, 0.6) is 5.75 Å². The Kier molecular flexibility index (Phi) is 7.17. The normalized spacial score (nSPS) is 9.90. The van der Waals surface area contributed by atoms with E-state index in [0.29, 0.717) is 12.4 Å². The molecule has 1 N–H and O–H groups in total. The van der Waals surface area contributed by atoms with Crippen molar-refractivity contribution in [2.75, 3.05) is 19.8 Å². The fourth-order valence-electron chi connectivity index (χ4n) is 1.59. The van der Waals surface area contributed by atoms with Crippen LogP contribution in [0.15, 0.2) is 24.3 Å². The highest BCUT2D eigenvalue weighted by Gasteiger charge is 2.05. The number of carbonyl (C=O) groups is 2. The van der Waals surface area contributed by atoms with E-state index in [1.165, 1.54) is 0 Å². The molecule has 1 aromatic carbocycles. The Morgan fingerprint density at radius 1 is 1.25 bits per heavy atom. The minimum atomic E-state index is -0.315. The van der Waals surface area contributed by atoms with Gasteiger partial charge in [0.2, 0.25) is 0 Å². The molecule has 0 aromatic heterocycles. The van der Waals surface area contributed by atoms with Crippen LogP contribution in [-0.2, 0) is 20.7 Å². The molecule has 0 aliphatic heterocycles. The average Bonchev–Trinajstić information content (AvgIpc) is 2.45. The van der Waals surface area contributed by atoms with Gasteiger partial charge in [-0.3, -0.25) is 9.59 Å². The van der Waals surface area contributed by atoms with E-state index < -0.39 is 0 Å². The second kappa shape index (κ2) is 8.96. The molecule has 1 aromatic rings. The first kappa shape index (κ1) is 16.0. The molecule has 0 heterocycles. The van der Waals surface area contributed by atoms with Gasteiger partial charge in [-0.25, -0.2) is 0 Å². The molecule has 0 spiro atoms. The molecule has 110 valence electrons. The van der Waals surface area contributed by atoms with E-state index in [9.17, 15) is 9.59 Å². The van der Waals surface area contributed by atoms with Crippen LogP contribution in [0.4, 0.5) is 0 Å². The van der Waals surface area contributed by atoms with Gasteiger partial charge in [-0.05, 0) is 31.0 Å². The zero-order valence-electron chi connectivity index (χ0n) is 12.0. The lowest BCUT2D eigenvalue weighted by atomic mass is 10.2. The molecule has 0 aliphatic rings. The summed E-state index contributed by atoms with van der Waals surface area (Å²) in [5.74, 6) is 0.102. The van der Waals surface area contributed by atoms with Crippen LogP contribution in [0, 0.1) is 0 Å². The Hall–Kier alpha value is -2.04. The molecule has 1 amide bonds. The van der Waals surface area contributed by atoms with Gasteiger partial charge < -0.3 is 14.8 Å². The molecule has 5 nitrogen and oxygen atoms in total. The van der Waals surface area contributed by atoms with E-state index in [2.05, 4.69) is 12.2 Å². The Morgan fingerprint density at radius 2 is 2.05 bits per heavy atom. The van der Waals surface area contributed by atoms with Gasteiger partial charge in [0.05, 0.1) is 13.0 Å². The van der Waals surface area contributed by atoms with E-state index in [-0.39, 0.29) is 31.4 Å². The van der Waals surface area contributed by atoms with Crippen molar-refractivity contribution < 1.29 is 19.1 Å². The Morgan fingerprint density at radius 3 is 2.75 bits per heavy atom. The molecule has 0 bridgehead atoms. The second-order valence-corrected chi connectivity index (χ2v) is 4.19. The maximum Gasteiger partial charge on any atom is 0.307 e. The van der Waals surface area contributed by atoms with E-state index in [0.717, 1.165) is 12.0 Å². The van der Waals surface area contributed by atoms with E-state index >= 15 is 0 Å². The van der Waals surface area contributed by atoms with Crippen molar-refractivity contribution in [1.82, 2.24) is 5.32 Å². The number of rotatable bonds is 8. The smallest absolute Gasteiger partial charge is 0.307 e. The summed E-state index contributed by atoms with van der Waals surface area (Å²) in [5, 5.41) is 2.61. The second-order valence-electron chi connectivity index (χ2n) is 4.19. The fourth-order valence-corrected chi connectivity index (χ4v) is 1.59. The summed E-state index contributed by atoms with van der Waals surface area (Å²) in [6, 6.07) is 7.62. The number of hydrogen-bond acceptors (Lipinski definition) is 4. The molecular formula is C15H21NO4. The third-order valence-corrected chi connectivity index (χ3v) is 2.63. The third kappa shape index (κ3) is 6.22. The molecule has 1 rings (SSSR count). The minimum absolute atomic E-state index is 0.0595. The molecule has 0 fully saturated rings. The molecular weight excluding hydrogens is 258 g/mol. The summed E-state index contributed by atoms with van der Waals surface area (Å²) >= 11 is 0. The van der Waals surface area contributed by atoms with Crippen molar-refractivity contribution in [2.45, 2.75) is 26.7 Å². The van der Waals surface area contributed by atoms with Gasteiger partial charge >= 0.3 is 5.97 Å². The molecule has 0 saturated heterocycles. The monoisotopic (exact) mass is 279 g/mol. The van der Waals surface area contributed by atoms with E-state index in [1.54, 1.807) is 6.92 Å². The molecule has 0 unspecified atom stereocenters. The van der Waals surface area contributed by atoms with Crippen LogP contribution in [-0.4, -0.2) is 31.6 Å². The molecule has 0 radical (unpaired) electrons. The zero-order chi connectivity index (χ0) is 14.8. The summed E-state index contributed by atoms with van der Waals surface area (Å²) in [4.78, 5) is 22.6. The Bertz CT molecular complexity index is 445. The summed E-state index contributed by atoms with van der Waals surface area (Å²) in [7, 11) is 0. The summed E-state index contributed by atoms with van der Waals surface area (Å²) < 4.78 is 10.1. The largest absolute Gasteiger partial charge is 0.484 e. The first-order valence-corrected chi connectivity index (χ1v) is 6.79. The van der Waals surface area contributed by atoms with Crippen LogP contribution < -0.4 is 10.1 Å². The number of amides is 1. The quantitative estimate of drug-likeness (QED) is 0.736. The van der Waals surface area contributed by atoms with Crippen LogP contribution in [0.1, 0.15) is 25.8 Å². The van der Waals surface area contributed by atoms with Gasteiger partial charge in [-0.15, -0.1) is 0 Å². The first-order valence-electron chi connectivity index (χ1n) is 6.79. The van der Waals surface area contributed by atoms with Crippen molar-refractivity contribution in [3.05, 3.63) is 29.8 Å². The van der Waals surface area contributed by atoms with Crippen molar-refractivity contribution >= 4 is 11.9 Å². The summed E-state index contributed by atoms with van der Waals surface area (Å²) in [6.07, 6.45) is 1.09. The van der Waals surface area contributed by atoms with Gasteiger partial charge in [-0.2, -0.15) is 0 Å². The van der Waals surface area contributed by atoms with E-state index in [1.807, 2.05) is 24.3 Å². The van der Waals surface area contributed by atoms with Crippen molar-refractivity contribution in [2.24, 2.45) is 0 Å². The molecule has 20 heavy (non-hydrogen) atoms. The lowest BCUT2D eigenvalue weighted by Crippen LogP contribution is -2.31. The van der Waals surface area contributed by atoms with Gasteiger partial charge in [-0.1, -0.05) is 19.1 Å². The van der Waals surface area contributed by atoms with Gasteiger partial charge in [0.15, 0.2) is 6.61 Å². The maximum absolute atomic E-state index is 11.5. The van der Waals surface area contributed by atoms with Gasteiger partial charge in [0, 0.05) is 6.54 Å². The highest BCUT2D eigenvalue weighted by Crippen LogP contribution is 2.13. The molecule has 0 saturated carbocycles. The minimum Gasteiger partial charge on any atom is -0.484 e. The van der Waals surface area contributed by atoms with Crippen molar-refractivity contribution in [3.63, 3.8) is 0 Å². The lowest BCUT2D eigenvalue weighted by Gasteiger charge is -2.08. The maximum atomic E-state index is 11.5. The molecule has 5 heteroatoms. The third-order valence-electron chi connectivity index (χ3n) is 2.63. The lowest BCUT2D eigenvalue weighted by molar-refractivity contribution is -0.143. The van der Waals surface area contributed by atoms with Crippen LogP contribution in [0.3, 0.4) is 0 Å². The summed E-state index contributed by atoms with van der Waals surface area (Å²) in [6.45, 7) is 4.35. The Labute approximate surface area is 119 Å². The number of carbonyl (C=O) groups excluding carboxylic acids is 2. The fraction of sp³-hybridized carbons (Fsp3) is 0.467. The van der Waals surface area contributed by atoms with Crippen LogP contribution in [0.2, 0.25) is 0 Å². The Balaban J connectivity index is 2.24. The highest BCUT2D eigenvalue weighted by atomic mass is 16.5. The van der Waals surface area contributed by atoms with Crippen molar-refractivity contribution in [3.8, 4) is 5.75 Å². The van der Waals surface area contributed by atoms with Crippen LogP contribution >= 0.6 is 0 Å². The average molecular weight is 279 g/mol. The number of aryl methyl sites for hydroxylation is 1. The number of esters is 1. The zero-order valence-corrected chi connectivity index (χ0v) is 12.0. The topological polar surface area (TPSA) is 64.6 Å². The summed E-state index contributed by atoms with van der Waals surface area (Å²) in [5.41, 5.74) is 1.16. The SMILES string of the molecule is CCOC(=O)CCNC(=O)COc1cccc(CC)c1. The molecule has 0 aliphatic carbocycles. The van der Waals surface area contributed by atoms with Gasteiger partial charge in [0.1, 0.15) is 5.75 Å². The number of nitrogens with one attached hydrogen (secondary N) is 1. The van der Waals surface area contributed by atoms with E-state index in [4.69, 9.17) is 9.47 Å². The predicted molar refractivity (Wildman–Crippen MR) is 75.6 cm³/mol. The van der Waals surface area contributed by atoms with Crippen molar-refractivity contribution in [1.29, 1.82) is 0 Å².